The highest BCUT2D eigenvalue weighted by molar-refractivity contribution is 5.88. The summed E-state index contributed by atoms with van der Waals surface area (Å²) < 4.78 is 46.0. The van der Waals surface area contributed by atoms with E-state index in [1.54, 1.807) is 0 Å². The number of carboxylic acid groups (broad SMARTS) is 1. The number of nitrogens with one attached hydrogen (secondary N) is 1. The Morgan fingerprint density at radius 2 is 2.00 bits per heavy atom. The van der Waals surface area contributed by atoms with E-state index in [2.05, 4.69) is 5.32 Å². The molecule has 2 amide bonds. The second kappa shape index (κ2) is 7.31. The lowest BCUT2D eigenvalue weighted by Gasteiger charge is -2.42. The van der Waals surface area contributed by atoms with E-state index in [4.69, 9.17) is 10.5 Å². The molecule has 0 radical (unpaired) electrons. The largest absolute Gasteiger partial charge is 0.530 e. The molecule has 0 unspecified atom stereocenters. The Kier molecular flexibility index (Phi) is 5.31. The van der Waals surface area contributed by atoms with Crippen LogP contribution >= 0.6 is 0 Å². The Hall–Kier alpha value is -2.65. The maximum atomic E-state index is 13.4. The summed E-state index contributed by atoms with van der Waals surface area (Å²) in [6, 6.07) is 3.92. The molecule has 1 saturated carbocycles. The standard InChI is InChI=1S/C19H24F3N3O4/c1-18(2,19(20,21)22)25(17(27)28)11-5-6-15-14(7-11)24-9-12(29-15)8-13(16(23)26)10-3-4-10/h5-7,10,12-13,24H,3-4,8-9H2,1-2H3,(H2,23,26)(H,27,28)/p-1/t12-,13-/m0/s1. The molecule has 29 heavy (non-hydrogen) atoms. The van der Waals surface area contributed by atoms with Crippen molar-refractivity contribution >= 4 is 23.4 Å². The van der Waals surface area contributed by atoms with Crippen molar-refractivity contribution < 1.29 is 32.6 Å². The Morgan fingerprint density at radius 1 is 1.34 bits per heavy atom. The van der Waals surface area contributed by atoms with Gasteiger partial charge in [0.2, 0.25) is 5.91 Å². The van der Waals surface area contributed by atoms with Crippen molar-refractivity contribution in [2.75, 3.05) is 16.8 Å². The fraction of sp³-hybridized carbons (Fsp3) is 0.579. The molecule has 10 heteroatoms. The lowest BCUT2D eigenvalue weighted by molar-refractivity contribution is -0.254. The summed E-state index contributed by atoms with van der Waals surface area (Å²) in [5, 5.41) is 14.5. The summed E-state index contributed by atoms with van der Waals surface area (Å²) in [5.41, 5.74) is 2.97. The van der Waals surface area contributed by atoms with Crippen molar-refractivity contribution in [2.24, 2.45) is 17.6 Å². The van der Waals surface area contributed by atoms with Crippen molar-refractivity contribution in [1.29, 1.82) is 0 Å². The van der Waals surface area contributed by atoms with Gasteiger partial charge in [0.25, 0.3) is 0 Å². The first kappa shape index (κ1) is 21.1. The van der Waals surface area contributed by atoms with Gasteiger partial charge in [-0.25, -0.2) is 0 Å². The molecule has 1 aromatic carbocycles. The molecule has 2 atom stereocenters. The van der Waals surface area contributed by atoms with Crippen molar-refractivity contribution in [2.45, 2.75) is 50.9 Å². The third kappa shape index (κ3) is 4.20. The van der Waals surface area contributed by atoms with Gasteiger partial charge in [0.1, 0.15) is 23.5 Å². The van der Waals surface area contributed by atoms with E-state index in [-0.39, 0.29) is 34.4 Å². The molecule has 3 N–H and O–H groups in total. The number of amides is 2. The molecule has 1 aromatic rings. The van der Waals surface area contributed by atoms with Crippen molar-refractivity contribution in [3.05, 3.63) is 18.2 Å². The number of primary amides is 1. The predicted octanol–water partition coefficient (Wildman–Crippen LogP) is 2.25. The third-order valence-corrected chi connectivity index (χ3v) is 5.54. The van der Waals surface area contributed by atoms with Gasteiger partial charge >= 0.3 is 6.18 Å². The molecular formula is C19H23F3N3O4-. The molecule has 1 heterocycles. The smallest absolute Gasteiger partial charge is 0.411 e. The van der Waals surface area contributed by atoms with E-state index in [9.17, 15) is 27.9 Å². The van der Waals surface area contributed by atoms with Gasteiger partial charge in [-0.15, -0.1) is 0 Å². The first-order valence-electron chi connectivity index (χ1n) is 9.33. The number of hydrogen-bond donors (Lipinski definition) is 2. The maximum absolute atomic E-state index is 13.4. The first-order chi connectivity index (χ1) is 13.4. The summed E-state index contributed by atoms with van der Waals surface area (Å²) in [5.74, 6) is 0.00763. The summed E-state index contributed by atoms with van der Waals surface area (Å²) in [7, 11) is 0. The second-order valence-electron chi connectivity index (χ2n) is 8.04. The number of ether oxygens (including phenoxy) is 1. The highest BCUT2D eigenvalue weighted by atomic mass is 19.4. The molecule has 1 fully saturated rings. The fourth-order valence-electron chi connectivity index (χ4n) is 3.58. The van der Waals surface area contributed by atoms with Crippen LogP contribution in [0.4, 0.5) is 29.3 Å². The topological polar surface area (TPSA) is 108 Å². The fourth-order valence-corrected chi connectivity index (χ4v) is 3.58. The van der Waals surface area contributed by atoms with Crippen LogP contribution in [0.2, 0.25) is 0 Å². The van der Waals surface area contributed by atoms with Gasteiger partial charge in [0, 0.05) is 11.6 Å². The molecule has 2 aliphatic rings. The number of alkyl halides is 3. The van der Waals surface area contributed by atoms with Gasteiger partial charge in [0.15, 0.2) is 0 Å². The van der Waals surface area contributed by atoms with Gasteiger partial charge in [0.05, 0.1) is 12.2 Å². The van der Waals surface area contributed by atoms with Gasteiger partial charge < -0.3 is 30.6 Å². The molecule has 0 aromatic heterocycles. The number of nitrogens with zero attached hydrogens (tertiary/aromatic N) is 1. The minimum Gasteiger partial charge on any atom is -0.530 e. The van der Waals surface area contributed by atoms with Crippen LogP contribution in [0.3, 0.4) is 0 Å². The molecule has 0 saturated heterocycles. The number of benzene rings is 1. The summed E-state index contributed by atoms with van der Waals surface area (Å²) in [6.07, 6.45) is -4.72. The lowest BCUT2D eigenvalue weighted by Crippen LogP contribution is -2.60. The van der Waals surface area contributed by atoms with E-state index in [0.29, 0.717) is 24.4 Å². The molecule has 0 bridgehead atoms. The van der Waals surface area contributed by atoms with E-state index in [1.165, 1.54) is 18.2 Å². The van der Waals surface area contributed by atoms with Crippen molar-refractivity contribution in [1.82, 2.24) is 0 Å². The van der Waals surface area contributed by atoms with Gasteiger partial charge in [-0.1, -0.05) is 0 Å². The highest BCUT2D eigenvalue weighted by Gasteiger charge is 2.52. The van der Waals surface area contributed by atoms with Gasteiger partial charge in [-0.05, 0) is 57.2 Å². The maximum Gasteiger partial charge on any atom is 0.411 e. The molecule has 160 valence electrons. The molecular weight excluding hydrogens is 391 g/mol. The quantitative estimate of drug-likeness (QED) is 0.742. The molecule has 1 aliphatic carbocycles. The summed E-state index contributed by atoms with van der Waals surface area (Å²) in [4.78, 5) is 23.3. The minimum atomic E-state index is -4.80. The predicted molar refractivity (Wildman–Crippen MR) is 97.4 cm³/mol. The lowest BCUT2D eigenvalue weighted by atomic mass is 9.95. The minimum absolute atomic E-state index is 0.178. The molecule has 7 nitrogen and oxygen atoms in total. The number of hydrogen-bond acceptors (Lipinski definition) is 5. The van der Waals surface area contributed by atoms with Crippen LogP contribution in [0.15, 0.2) is 18.2 Å². The van der Waals surface area contributed by atoms with Crippen molar-refractivity contribution in [3.63, 3.8) is 0 Å². The average molecular weight is 414 g/mol. The normalized spacial score (nSPS) is 20.1. The molecule has 0 spiro atoms. The van der Waals surface area contributed by atoms with Crippen LogP contribution in [-0.2, 0) is 4.79 Å². The zero-order valence-electron chi connectivity index (χ0n) is 16.1. The Labute approximate surface area is 166 Å². The van der Waals surface area contributed by atoms with Crippen molar-refractivity contribution in [3.8, 4) is 5.75 Å². The first-order valence-corrected chi connectivity index (χ1v) is 9.33. The van der Waals surface area contributed by atoms with Crippen LogP contribution in [0.1, 0.15) is 33.1 Å². The number of carbonyl (C=O) groups is 2. The molecule has 1 aliphatic heterocycles. The van der Waals surface area contributed by atoms with Crippen LogP contribution in [0.25, 0.3) is 0 Å². The number of carbonyl (C=O) groups excluding carboxylic acids is 2. The van der Waals surface area contributed by atoms with Gasteiger partial charge in [-0.3, -0.25) is 4.79 Å². The zero-order valence-corrected chi connectivity index (χ0v) is 16.1. The van der Waals surface area contributed by atoms with Crippen LogP contribution in [-0.4, -0.2) is 36.4 Å². The van der Waals surface area contributed by atoms with E-state index in [1.807, 2.05) is 0 Å². The number of nitrogens with two attached hydrogens (primary N) is 1. The second-order valence-corrected chi connectivity index (χ2v) is 8.04. The van der Waals surface area contributed by atoms with Crippen LogP contribution < -0.4 is 25.8 Å². The summed E-state index contributed by atoms with van der Waals surface area (Å²) in [6.45, 7) is 1.86. The van der Waals surface area contributed by atoms with Gasteiger partial charge in [-0.2, -0.15) is 13.2 Å². The van der Waals surface area contributed by atoms with Crippen LogP contribution in [0.5, 0.6) is 5.75 Å². The number of halogens is 3. The number of fused-ring (bicyclic) bond motifs is 1. The summed E-state index contributed by atoms with van der Waals surface area (Å²) >= 11 is 0. The SMILES string of the molecule is CC(C)(N(C(=O)[O-])c1ccc2c(c1)NC[C@H](C[C@H](C(N)=O)C1CC1)O2)C(F)(F)F. The zero-order chi connectivity index (χ0) is 21.6. The third-order valence-electron chi connectivity index (χ3n) is 5.54. The molecule has 3 rings (SSSR count). The van der Waals surface area contributed by atoms with E-state index >= 15 is 0 Å². The Bertz CT molecular complexity index is 808. The monoisotopic (exact) mass is 414 g/mol. The van der Waals surface area contributed by atoms with Crippen LogP contribution in [0, 0.1) is 11.8 Å². The highest BCUT2D eigenvalue weighted by Crippen LogP contribution is 2.42. The Morgan fingerprint density at radius 3 is 2.52 bits per heavy atom. The number of anilines is 2. The number of rotatable bonds is 6. The average Bonchev–Trinajstić information content (AvgIpc) is 3.42. The van der Waals surface area contributed by atoms with E-state index in [0.717, 1.165) is 26.7 Å². The van der Waals surface area contributed by atoms with E-state index < -0.39 is 17.8 Å². The Balaban J connectivity index is 1.80.